The first-order valence-electron chi connectivity index (χ1n) is 14.0. The fraction of sp³-hybridized carbons (Fsp3) is 0.469. The van der Waals surface area contributed by atoms with Crippen LogP contribution in [0.4, 0.5) is 5.69 Å². The number of amides is 1. The minimum atomic E-state index is -0.279. The molecule has 1 aromatic heterocycles. The molecule has 0 radical (unpaired) electrons. The van der Waals surface area contributed by atoms with Crippen LogP contribution in [0, 0.1) is 30.6 Å². The van der Waals surface area contributed by atoms with E-state index in [9.17, 15) is 9.90 Å². The number of carbonyl (C=O) groups is 1. The van der Waals surface area contributed by atoms with Crippen LogP contribution >= 0.6 is 11.3 Å². The molecule has 0 unspecified atom stereocenters. The molecule has 204 valence electrons. The molecule has 1 N–H and O–H groups in total. The normalized spacial score (nSPS) is 22.9. The van der Waals surface area contributed by atoms with Crippen molar-refractivity contribution in [3.8, 4) is 17.6 Å². The number of aliphatic hydroxyl groups excluding tert-OH is 1. The highest BCUT2D eigenvalue weighted by atomic mass is 32.1. The number of rotatable bonds is 6. The molecule has 0 atom stereocenters. The average Bonchev–Trinajstić information content (AvgIpc) is 3.49. The highest BCUT2D eigenvalue weighted by molar-refractivity contribution is 7.09. The molecule has 1 amide bonds. The van der Waals surface area contributed by atoms with Crippen LogP contribution < -0.4 is 9.64 Å². The summed E-state index contributed by atoms with van der Waals surface area (Å²) in [6.45, 7) is 2.83. The molecule has 0 saturated heterocycles. The summed E-state index contributed by atoms with van der Waals surface area (Å²) in [6, 6.07) is 14.6. The summed E-state index contributed by atoms with van der Waals surface area (Å²) in [5.41, 5.74) is 6.01. The molecule has 2 aliphatic rings. The summed E-state index contributed by atoms with van der Waals surface area (Å²) in [5, 5.41) is 18.5. The van der Waals surface area contributed by atoms with Crippen LogP contribution in [0.1, 0.15) is 79.0 Å². The molecule has 7 heteroatoms. The van der Waals surface area contributed by atoms with Crippen LogP contribution in [0.3, 0.4) is 0 Å². The lowest BCUT2D eigenvalue weighted by Crippen LogP contribution is -2.41. The summed E-state index contributed by atoms with van der Waals surface area (Å²) >= 11 is 1.41. The summed E-state index contributed by atoms with van der Waals surface area (Å²) in [5.74, 6) is 8.34. The first-order valence-corrected chi connectivity index (χ1v) is 14.9. The Kier molecular flexibility index (Phi) is 8.95. The number of aromatic nitrogens is 2. The summed E-state index contributed by atoms with van der Waals surface area (Å²) in [6.07, 6.45) is 7.06. The van der Waals surface area contributed by atoms with E-state index in [0.29, 0.717) is 29.7 Å². The summed E-state index contributed by atoms with van der Waals surface area (Å²) < 4.78 is 5.45. The van der Waals surface area contributed by atoms with Crippen molar-refractivity contribution >= 4 is 22.9 Å². The standard InChI is InChI=1S/C32H37N3O3S/c1-22-18-27(13-16-30(22)38-2)25-9-6-24(7-10-25)20-35(32(37)26-11-14-29(36)15-12-26)28-5-3-4-23(19-28)8-17-31-34-33-21-39-31/h3-5,13,16,18-19,21,24-26,29,36H,6-7,9-12,14-15,20H2,1-2H3/t24-,25-,26-,29-. The minimum Gasteiger partial charge on any atom is -0.496 e. The third-order valence-corrected chi connectivity index (χ3v) is 8.93. The second-order valence-corrected chi connectivity index (χ2v) is 11.8. The number of ether oxygens (including phenoxy) is 1. The highest BCUT2D eigenvalue weighted by Gasteiger charge is 2.32. The second kappa shape index (κ2) is 12.8. The Bertz CT molecular complexity index is 1310. The van der Waals surface area contributed by atoms with Crippen molar-refractivity contribution in [2.24, 2.45) is 11.8 Å². The molecule has 6 nitrogen and oxygen atoms in total. The number of carbonyl (C=O) groups excluding carboxylic acids is 1. The molecule has 5 rings (SSSR count). The number of hydrogen-bond donors (Lipinski definition) is 1. The Hall–Kier alpha value is -3.21. The maximum absolute atomic E-state index is 13.9. The fourth-order valence-electron chi connectivity index (χ4n) is 6.06. The Morgan fingerprint density at radius 3 is 2.54 bits per heavy atom. The lowest BCUT2D eigenvalue weighted by Gasteiger charge is -2.36. The van der Waals surface area contributed by atoms with E-state index in [1.54, 1.807) is 12.6 Å². The molecule has 0 bridgehead atoms. The van der Waals surface area contributed by atoms with Crippen LogP contribution in [-0.4, -0.2) is 41.0 Å². The Balaban J connectivity index is 1.31. The molecule has 39 heavy (non-hydrogen) atoms. The molecule has 2 aromatic carbocycles. The first-order chi connectivity index (χ1) is 19.0. The van der Waals surface area contributed by atoms with Gasteiger partial charge in [0.2, 0.25) is 5.91 Å². The monoisotopic (exact) mass is 543 g/mol. The lowest BCUT2D eigenvalue weighted by molar-refractivity contribution is -0.124. The third-order valence-electron chi connectivity index (χ3n) is 8.32. The molecule has 2 saturated carbocycles. The van der Waals surface area contributed by atoms with Crippen molar-refractivity contribution < 1.29 is 14.6 Å². The van der Waals surface area contributed by atoms with Crippen molar-refractivity contribution in [3.63, 3.8) is 0 Å². The molecule has 0 aliphatic heterocycles. The fourth-order valence-corrected chi connectivity index (χ4v) is 6.46. The smallest absolute Gasteiger partial charge is 0.230 e. The van der Waals surface area contributed by atoms with Gasteiger partial charge in [-0.1, -0.05) is 35.5 Å². The number of hydrogen-bond acceptors (Lipinski definition) is 6. The van der Waals surface area contributed by atoms with Gasteiger partial charge in [0.15, 0.2) is 5.01 Å². The summed E-state index contributed by atoms with van der Waals surface area (Å²) in [7, 11) is 1.72. The number of anilines is 1. The Morgan fingerprint density at radius 1 is 1.05 bits per heavy atom. The number of aryl methyl sites for hydroxylation is 1. The van der Waals surface area contributed by atoms with Gasteiger partial charge in [0.1, 0.15) is 11.3 Å². The average molecular weight is 544 g/mol. The van der Waals surface area contributed by atoms with Crippen molar-refractivity contribution in [1.29, 1.82) is 0 Å². The van der Waals surface area contributed by atoms with E-state index in [2.05, 4.69) is 47.2 Å². The van der Waals surface area contributed by atoms with Gasteiger partial charge in [-0.2, -0.15) is 0 Å². The van der Waals surface area contributed by atoms with Gasteiger partial charge in [0.25, 0.3) is 0 Å². The van der Waals surface area contributed by atoms with Crippen molar-refractivity contribution in [3.05, 3.63) is 69.7 Å². The zero-order valence-electron chi connectivity index (χ0n) is 22.8. The van der Waals surface area contributed by atoms with Gasteiger partial charge in [-0.05, 0) is 111 Å². The van der Waals surface area contributed by atoms with E-state index >= 15 is 0 Å². The van der Waals surface area contributed by atoms with Gasteiger partial charge < -0.3 is 14.7 Å². The number of methoxy groups -OCH3 is 1. The molecule has 2 aliphatic carbocycles. The predicted molar refractivity (Wildman–Crippen MR) is 155 cm³/mol. The van der Waals surface area contributed by atoms with Crippen LogP contribution in [0.5, 0.6) is 5.75 Å². The molecular formula is C32H37N3O3S. The molecular weight excluding hydrogens is 506 g/mol. The van der Waals surface area contributed by atoms with E-state index in [0.717, 1.165) is 62.1 Å². The van der Waals surface area contributed by atoms with Gasteiger partial charge >= 0.3 is 0 Å². The van der Waals surface area contributed by atoms with Crippen molar-refractivity contribution in [2.45, 2.75) is 70.3 Å². The van der Waals surface area contributed by atoms with Gasteiger partial charge in [-0.15, -0.1) is 10.2 Å². The summed E-state index contributed by atoms with van der Waals surface area (Å²) in [4.78, 5) is 15.9. The van der Waals surface area contributed by atoms with E-state index < -0.39 is 0 Å². The van der Waals surface area contributed by atoms with Gasteiger partial charge in [-0.3, -0.25) is 4.79 Å². The molecule has 2 fully saturated rings. The Morgan fingerprint density at radius 2 is 1.85 bits per heavy atom. The molecule has 1 heterocycles. The molecule has 0 spiro atoms. The number of aliphatic hydroxyl groups is 1. The zero-order valence-corrected chi connectivity index (χ0v) is 23.6. The highest BCUT2D eigenvalue weighted by Crippen LogP contribution is 2.38. The van der Waals surface area contributed by atoms with E-state index in [1.807, 2.05) is 29.2 Å². The van der Waals surface area contributed by atoms with Crippen LogP contribution in [0.2, 0.25) is 0 Å². The van der Waals surface area contributed by atoms with Crippen molar-refractivity contribution in [1.82, 2.24) is 10.2 Å². The molecule has 3 aromatic rings. The van der Waals surface area contributed by atoms with Crippen LogP contribution in [-0.2, 0) is 4.79 Å². The predicted octanol–water partition coefficient (Wildman–Crippen LogP) is 6.11. The van der Waals surface area contributed by atoms with Gasteiger partial charge in [0.05, 0.1) is 13.2 Å². The van der Waals surface area contributed by atoms with Gasteiger partial charge in [0, 0.05) is 23.7 Å². The van der Waals surface area contributed by atoms with Gasteiger partial charge in [-0.25, -0.2) is 0 Å². The zero-order chi connectivity index (χ0) is 27.2. The first kappa shape index (κ1) is 27.4. The quantitative estimate of drug-likeness (QED) is 0.380. The maximum Gasteiger partial charge on any atom is 0.230 e. The lowest BCUT2D eigenvalue weighted by atomic mass is 9.78. The maximum atomic E-state index is 13.9. The Labute approximate surface area is 235 Å². The van der Waals surface area contributed by atoms with E-state index in [4.69, 9.17) is 4.74 Å². The largest absolute Gasteiger partial charge is 0.496 e. The topological polar surface area (TPSA) is 75.5 Å². The SMILES string of the molecule is COc1ccc([C@H]2CC[C@H](CN(c3cccc(C#Cc4nncs4)c3)C(=O)[C@H]3CC[C@H](O)CC3)CC2)cc1C. The number of benzene rings is 2. The van der Waals surface area contributed by atoms with Crippen molar-refractivity contribution in [2.75, 3.05) is 18.6 Å². The van der Waals surface area contributed by atoms with Crippen LogP contribution in [0.15, 0.2) is 48.0 Å². The second-order valence-electron chi connectivity index (χ2n) is 10.9. The third kappa shape index (κ3) is 6.87. The minimum absolute atomic E-state index is 0.0388. The number of nitrogens with zero attached hydrogens (tertiary/aromatic N) is 3. The van der Waals surface area contributed by atoms with E-state index in [1.165, 1.54) is 22.5 Å². The van der Waals surface area contributed by atoms with E-state index in [-0.39, 0.29) is 17.9 Å². The van der Waals surface area contributed by atoms with Crippen LogP contribution in [0.25, 0.3) is 0 Å².